The number of aromatic nitrogens is 2. The molecule has 3 amide bonds. The fourth-order valence-corrected chi connectivity index (χ4v) is 2.91. The summed E-state index contributed by atoms with van der Waals surface area (Å²) in [5.41, 5.74) is 4.11. The highest BCUT2D eigenvalue weighted by atomic mass is 16.2. The van der Waals surface area contributed by atoms with Gasteiger partial charge in [0.2, 0.25) is 0 Å². The first-order valence-corrected chi connectivity index (χ1v) is 9.59. The predicted molar refractivity (Wildman–Crippen MR) is 113 cm³/mol. The minimum atomic E-state index is -0.283. The number of urea groups is 1. The van der Waals surface area contributed by atoms with Gasteiger partial charge in [0.15, 0.2) is 0 Å². The van der Waals surface area contributed by atoms with Crippen LogP contribution in [0.5, 0.6) is 0 Å². The number of carbonyl (C=O) groups excluding carboxylic acids is 2. The zero-order chi connectivity index (χ0) is 20.6. The highest BCUT2D eigenvalue weighted by molar-refractivity contribution is 5.96. The van der Waals surface area contributed by atoms with Gasteiger partial charge in [-0.2, -0.15) is 5.10 Å². The molecule has 150 valence electrons. The molecule has 0 aliphatic carbocycles. The Morgan fingerprint density at radius 1 is 1.07 bits per heavy atom. The van der Waals surface area contributed by atoms with Crippen LogP contribution in [-0.4, -0.2) is 34.8 Å². The van der Waals surface area contributed by atoms with E-state index in [9.17, 15) is 9.59 Å². The summed E-state index contributed by atoms with van der Waals surface area (Å²) >= 11 is 0. The van der Waals surface area contributed by atoms with Crippen molar-refractivity contribution in [2.45, 2.75) is 20.3 Å². The molecule has 0 fully saturated rings. The van der Waals surface area contributed by atoms with Gasteiger partial charge in [-0.05, 0) is 61.7 Å². The van der Waals surface area contributed by atoms with E-state index >= 15 is 0 Å². The highest BCUT2D eigenvalue weighted by Crippen LogP contribution is 2.16. The molecular weight excluding hydrogens is 366 g/mol. The maximum atomic E-state index is 12.2. The quantitative estimate of drug-likeness (QED) is 0.577. The molecule has 7 heteroatoms. The van der Waals surface area contributed by atoms with Crippen LogP contribution in [0.25, 0.3) is 5.69 Å². The molecule has 2 aromatic carbocycles. The van der Waals surface area contributed by atoms with E-state index in [0.29, 0.717) is 30.8 Å². The average Bonchev–Trinajstić information content (AvgIpc) is 3.19. The Balaban J connectivity index is 1.49. The molecule has 0 bridgehead atoms. The molecule has 0 aliphatic heterocycles. The molecular formula is C22H25N5O2. The number of benzene rings is 2. The lowest BCUT2D eigenvalue weighted by Gasteiger charge is -2.11. The molecule has 7 nitrogen and oxygen atoms in total. The lowest BCUT2D eigenvalue weighted by atomic mass is 10.1. The van der Waals surface area contributed by atoms with E-state index in [2.05, 4.69) is 21.0 Å². The van der Waals surface area contributed by atoms with Gasteiger partial charge in [-0.15, -0.1) is 0 Å². The van der Waals surface area contributed by atoms with Crippen molar-refractivity contribution >= 4 is 17.6 Å². The zero-order valence-electron chi connectivity index (χ0n) is 16.6. The Kier molecular flexibility index (Phi) is 6.63. The summed E-state index contributed by atoms with van der Waals surface area (Å²) in [6.45, 7) is 4.79. The Morgan fingerprint density at radius 2 is 1.86 bits per heavy atom. The Hall–Kier alpha value is -3.61. The van der Waals surface area contributed by atoms with E-state index in [1.165, 1.54) is 0 Å². The highest BCUT2D eigenvalue weighted by Gasteiger charge is 2.09. The lowest BCUT2D eigenvalue weighted by molar-refractivity contribution is 0.0955. The molecule has 0 spiro atoms. The van der Waals surface area contributed by atoms with Gasteiger partial charge in [0.05, 0.1) is 11.9 Å². The fourth-order valence-electron chi connectivity index (χ4n) is 2.91. The van der Waals surface area contributed by atoms with Crippen molar-refractivity contribution in [2.75, 3.05) is 18.4 Å². The Bertz CT molecular complexity index is 982. The molecule has 0 saturated heterocycles. The van der Waals surface area contributed by atoms with E-state index in [1.54, 1.807) is 24.4 Å². The van der Waals surface area contributed by atoms with Gasteiger partial charge in [-0.1, -0.05) is 18.2 Å². The van der Waals surface area contributed by atoms with E-state index in [0.717, 1.165) is 16.8 Å². The summed E-state index contributed by atoms with van der Waals surface area (Å²) in [5, 5.41) is 12.8. The third kappa shape index (κ3) is 5.44. The zero-order valence-corrected chi connectivity index (χ0v) is 16.6. The smallest absolute Gasteiger partial charge is 0.319 e. The average molecular weight is 391 g/mol. The molecule has 29 heavy (non-hydrogen) atoms. The number of hydrogen-bond donors (Lipinski definition) is 3. The van der Waals surface area contributed by atoms with Crippen molar-refractivity contribution in [1.82, 2.24) is 20.4 Å². The van der Waals surface area contributed by atoms with Crippen LogP contribution < -0.4 is 16.0 Å². The topological polar surface area (TPSA) is 88.1 Å². The lowest BCUT2D eigenvalue weighted by Crippen LogP contribution is -2.30. The number of nitrogens with one attached hydrogen (secondary N) is 3. The number of rotatable bonds is 7. The van der Waals surface area contributed by atoms with Gasteiger partial charge in [-0.3, -0.25) is 4.79 Å². The van der Waals surface area contributed by atoms with Crippen molar-refractivity contribution < 1.29 is 9.59 Å². The maximum Gasteiger partial charge on any atom is 0.319 e. The molecule has 0 saturated carbocycles. The van der Waals surface area contributed by atoms with Crippen molar-refractivity contribution in [1.29, 1.82) is 0 Å². The SMILES string of the molecule is CCNC(=O)c1ccc(NC(=O)NCCc2cnn(-c3ccccc3)c2)c(C)c1. The Labute approximate surface area is 170 Å². The monoisotopic (exact) mass is 391 g/mol. The second kappa shape index (κ2) is 9.54. The van der Waals surface area contributed by atoms with Gasteiger partial charge >= 0.3 is 6.03 Å². The van der Waals surface area contributed by atoms with E-state index < -0.39 is 0 Å². The third-order valence-corrected chi connectivity index (χ3v) is 4.43. The fraction of sp³-hybridized carbons (Fsp3) is 0.227. The molecule has 0 radical (unpaired) electrons. The molecule has 3 aromatic rings. The number of amides is 3. The number of aryl methyl sites for hydroxylation is 1. The van der Waals surface area contributed by atoms with Gasteiger partial charge in [0.1, 0.15) is 0 Å². The van der Waals surface area contributed by atoms with E-state index in [-0.39, 0.29) is 11.9 Å². The van der Waals surface area contributed by atoms with Gasteiger partial charge in [0, 0.05) is 30.5 Å². The van der Waals surface area contributed by atoms with Crippen LogP contribution in [0.4, 0.5) is 10.5 Å². The van der Waals surface area contributed by atoms with Gasteiger partial charge in [-0.25, -0.2) is 9.48 Å². The van der Waals surface area contributed by atoms with Crippen LogP contribution in [0.1, 0.15) is 28.4 Å². The van der Waals surface area contributed by atoms with Crippen LogP contribution in [-0.2, 0) is 6.42 Å². The summed E-state index contributed by atoms with van der Waals surface area (Å²) in [4.78, 5) is 24.1. The van der Waals surface area contributed by atoms with Crippen molar-refractivity contribution in [2.24, 2.45) is 0 Å². The molecule has 0 unspecified atom stereocenters. The first-order valence-electron chi connectivity index (χ1n) is 9.59. The van der Waals surface area contributed by atoms with Crippen molar-refractivity contribution in [3.05, 3.63) is 77.6 Å². The summed E-state index contributed by atoms with van der Waals surface area (Å²) in [7, 11) is 0. The Morgan fingerprint density at radius 3 is 2.59 bits per heavy atom. The van der Waals surface area contributed by atoms with Gasteiger partial charge in [0.25, 0.3) is 5.91 Å². The number of nitrogens with zero attached hydrogens (tertiary/aromatic N) is 2. The molecule has 0 atom stereocenters. The van der Waals surface area contributed by atoms with Crippen LogP contribution in [0, 0.1) is 6.92 Å². The van der Waals surface area contributed by atoms with Gasteiger partial charge < -0.3 is 16.0 Å². The second-order valence-electron chi connectivity index (χ2n) is 6.65. The van der Waals surface area contributed by atoms with Crippen LogP contribution in [0.15, 0.2) is 60.9 Å². The summed E-state index contributed by atoms with van der Waals surface area (Å²) < 4.78 is 1.81. The third-order valence-electron chi connectivity index (χ3n) is 4.43. The first-order chi connectivity index (χ1) is 14.1. The molecule has 1 heterocycles. The molecule has 0 aliphatic rings. The van der Waals surface area contributed by atoms with Crippen molar-refractivity contribution in [3.8, 4) is 5.69 Å². The van der Waals surface area contributed by atoms with E-state index in [1.807, 2.05) is 55.1 Å². The van der Waals surface area contributed by atoms with Crippen LogP contribution >= 0.6 is 0 Å². The minimum Gasteiger partial charge on any atom is -0.352 e. The number of anilines is 1. The number of carbonyl (C=O) groups is 2. The summed E-state index contributed by atoms with van der Waals surface area (Å²) in [6, 6.07) is 14.8. The maximum absolute atomic E-state index is 12.2. The largest absolute Gasteiger partial charge is 0.352 e. The second-order valence-corrected chi connectivity index (χ2v) is 6.65. The minimum absolute atomic E-state index is 0.123. The molecule has 1 aromatic heterocycles. The van der Waals surface area contributed by atoms with Crippen LogP contribution in [0.3, 0.4) is 0 Å². The summed E-state index contributed by atoms with van der Waals surface area (Å²) in [5.74, 6) is -0.123. The summed E-state index contributed by atoms with van der Waals surface area (Å²) in [6.07, 6.45) is 4.44. The molecule has 3 rings (SSSR count). The number of hydrogen-bond acceptors (Lipinski definition) is 3. The predicted octanol–water partition coefficient (Wildman–Crippen LogP) is 3.29. The number of para-hydroxylation sites is 1. The first kappa shape index (κ1) is 20.1. The standard InChI is InChI=1S/C22H25N5O2/c1-3-23-21(28)18-9-10-20(16(2)13-18)26-22(29)24-12-11-17-14-25-27(15-17)19-7-5-4-6-8-19/h4-10,13-15H,3,11-12H2,1-2H3,(H,23,28)(H2,24,26,29). The van der Waals surface area contributed by atoms with E-state index in [4.69, 9.17) is 0 Å². The normalized spacial score (nSPS) is 10.4. The van der Waals surface area contributed by atoms with Crippen LogP contribution in [0.2, 0.25) is 0 Å². The van der Waals surface area contributed by atoms with Crippen molar-refractivity contribution in [3.63, 3.8) is 0 Å². The molecule has 3 N–H and O–H groups in total.